The van der Waals surface area contributed by atoms with Crippen molar-refractivity contribution in [2.45, 2.75) is 0 Å². The van der Waals surface area contributed by atoms with Crippen molar-refractivity contribution in [3.05, 3.63) is 5.82 Å². The molecule has 0 aliphatic heterocycles. The van der Waals surface area contributed by atoms with Gasteiger partial charge < -0.3 is 40.7 Å². The zero-order chi connectivity index (χ0) is 7.98. The van der Waals surface area contributed by atoms with Crippen LogP contribution in [0, 0.1) is 0 Å². The van der Waals surface area contributed by atoms with E-state index >= 15 is 0 Å². The summed E-state index contributed by atoms with van der Waals surface area (Å²) < 4.78 is 0. The molecule has 0 aliphatic carbocycles. The minimum atomic E-state index is -1.43. The molecule has 1 rings (SSSR count). The van der Waals surface area contributed by atoms with E-state index < -0.39 is 11.8 Å². The SMILES string of the molecule is N.N.N.N.N.O=C([O-])c1nn[nH]n1.[Cl][Co+]. The van der Waals surface area contributed by atoms with Crippen LogP contribution in [-0.2, 0) is 14.8 Å². The summed E-state index contributed by atoms with van der Waals surface area (Å²) >= 11 is 3.03. The third-order valence-corrected chi connectivity index (χ3v) is 0.528. The fraction of sp³-hybridized carbons (Fsp3) is 0. The van der Waals surface area contributed by atoms with Crippen LogP contribution in [-0.4, -0.2) is 26.6 Å². The van der Waals surface area contributed by atoms with Crippen LogP contribution in [0.15, 0.2) is 0 Å². The molecule has 97 valence electrons. The van der Waals surface area contributed by atoms with E-state index in [-0.39, 0.29) is 30.8 Å². The van der Waals surface area contributed by atoms with Crippen LogP contribution in [0.25, 0.3) is 0 Å². The number of carbonyl (C=O) groups excluding carboxylic acids is 1. The third kappa shape index (κ3) is 15.9. The normalized spacial score (nSPS) is 5.20. The van der Waals surface area contributed by atoms with Crippen molar-refractivity contribution in [1.29, 1.82) is 0 Å². The number of aromatic amines is 1. The molecular formula is C2H16ClCoN9O2. The summed E-state index contributed by atoms with van der Waals surface area (Å²) in [7, 11) is 4.33. The summed E-state index contributed by atoms with van der Waals surface area (Å²) in [4.78, 5) is 9.77. The summed E-state index contributed by atoms with van der Waals surface area (Å²) in [5.41, 5.74) is 0. The number of hydrogen-bond donors (Lipinski definition) is 6. The molecule has 0 unspecified atom stereocenters. The predicted molar refractivity (Wildman–Crippen MR) is 49.5 cm³/mol. The number of H-pyrrole nitrogens is 1. The first-order chi connectivity index (χ1) is 4.80. The Labute approximate surface area is 98.5 Å². The van der Waals surface area contributed by atoms with Gasteiger partial charge in [0.05, 0.1) is 0 Å². The van der Waals surface area contributed by atoms with E-state index in [9.17, 15) is 9.90 Å². The molecule has 0 atom stereocenters. The third-order valence-electron chi connectivity index (χ3n) is 0.528. The Bertz CT molecular complexity index is 194. The number of nitrogens with one attached hydrogen (secondary N) is 1. The first-order valence-corrected chi connectivity index (χ1v) is 3.31. The van der Waals surface area contributed by atoms with Gasteiger partial charge in [0.15, 0.2) is 0 Å². The van der Waals surface area contributed by atoms with Crippen LogP contribution in [0.1, 0.15) is 10.6 Å². The van der Waals surface area contributed by atoms with Crippen molar-refractivity contribution in [3.63, 3.8) is 0 Å². The summed E-state index contributed by atoms with van der Waals surface area (Å²) in [5.74, 6) is -1.86. The Hall–Kier alpha value is -0.864. The molecule has 0 fully saturated rings. The molecule has 0 radical (unpaired) electrons. The maximum absolute atomic E-state index is 9.77. The van der Waals surface area contributed by atoms with E-state index in [4.69, 9.17) is 0 Å². The molecule has 0 spiro atoms. The van der Waals surface area contributed by atoms with E-state index in [1.54, 1.807) is 0 Å². The van der Waals surface area contributed by atoms with Crippen molar-refractivity contribution in [1.82, 2.24) is 51.4 Å². The molecule has 0 amide bonds. The zero-order valence-corrected chi connectivity index (χ0v) is 9.70. The zero-order valence-electron chi connectivity index (χ0n) is 7.90. The van der Waals surface area contributed by atoms with Gasteiger partial charge in [-0.05, 0) is 5.21 Å². The summed E-state index contributed by atoms with van der Waals surface area (Å²) in [5, 5.41) is 20.9. The minimum absolute atomic E-state index is 0. The number of halogens is 1. The van der Waals surface area contributed by atoms with Crippen LogP contribution in [0.5, 0.6) is 0 Å². The molecule has 13 heteroatoms. The molecule has 1 aromatic rings. The first kappa shape index (κ1) is 36.8. The number of carboxylic acid groups (broad SMARTS) is 1. The second-order valence-electron chi connectivity index (χ2n) is 1.02. The molecule has 15 heavy (non-hydrogen) atoms. The van der Waals surface area contributed by atoms with E-state index in [0.717, 1.165) is 0 Å². The molecule has 11 nitrogen and oxygen atoms in total. The van der Waals surface area contributed by atoms with Crippen LogP contribution < -0.4 is 35.9 Å². The molecule has 1 heterocycles. The number of carboxylic acids is 1. The van der Waals surface area contributed by atoms with Crippen molar-refractivity contribution in [3.8, 4) is 0 Å². The van der Waals surface area contributed by atoms with Crippen molar-refractivity contribution >= 4 is 16.1 Å². The second-order valence-corrected chi connectivity index (χ2v) is 1.02. The van der Waals surface area contributed by atoms with Crippen molar-refractivity contribution in [2.75, 3.05) is 0 Å². The van der Waals surface area contributed by atoms with E-state index in [0.29, 0.717) is 0 Å². The Balaban J connectivity index is -0.0000000274. The molecular weight excluding hydrogens is 276 g/mol. The fourth-order valence-corrected chi connectivity index (χ4v) is 0.248. The second kappa shape index (κ2) is 23.2. The number of aromatic nitrogens is 4. The van der Waals surface area contributed by atoms with Crippen LogP contribution in [0.3, 0.4) is 0 Å². The van der Waals surface area contributed by atoms with Crippen LogP contribution >= 0.6 is 10.1 Å². The number of rotatable bonds is 1. The van der Waals surface area contributed by atoms with Gasteiger partial charge in [-0.15, -0.1) is 10.2 Å². The predicted octanol–water partition coefficient (Wildman–Crippen LogP) is -0.940. The first-order valence-electron chi connectivity index (χ1n) is 1.88. The average Bonchev–Trinajstić information content (AvgIpc) is 2.42. The Kier molecular flexibility index (Phi) is 56.9. The number of carbonyl (C=O) groups is 1. The number of tetrazole rings is 1. The van der Waals surface area contributed by atoms with Gasteiger partial charge in [0.1, 0.15) is 5.97 Å². The Morgan fingerprint density at radius 3 is 1.73 bits per heavy atom. The number of hydrogen-bond acceptors (Lipinski definition) is 10. The molecule has 0 aromatic carbocycles. The van der Waals surface area contributed by atoms with Gasteiger partial charge in [0.2, 0.25) is 5.82 Å². The summed E-state index contributed by atoms with van der Waals surface area (Å²) in [6.45, 7) is 0. The van der Waals surface area contributed by atoms with Gasteiger partial charge in [0, 0.05) is 0 Å². The summed E-state index contributed by atoms with van der Waals surface area (Å²) in [6.07, 6.45) is 0. The monoisotopic (exact) mass is 292 g/mol. The van der Waals surface area contributed by atoms with Crippen molar-refractivity contribution in [2.24, 2.45) is 0 Å². The van der Waals surface area contributed by atoms with Gasteiger partial charge in [-0.3, -0.25) is 0 Å². The molecule has 0 bridgehead atoms. The Morgan fingerprint density at radius 2 is 1.60 bits per heavy atom. The van der Waals surface area contributed by atoms with Crippen molar-refractivity contribution < 1.29 is 24.7 Å². The Morgan fingerprint density at radius 1 is 1.20 bits per heavy atom. The average molecular weight is 293 g/mol. The molecule has 16 N–H and O–H groups in total. The van der Waals surface area contributed by atoms with E-state index in [2.05, 4.69) is 40.4 Å². The standard InChI is InChI=1S/C2H2N4O2.ClH.Co.5H3N/c7-2(8)1-3-5-6-4-1;;;;;;;/h(H,7,8)(H,3,4,5,6);1H;;5*1H3/q;;+2;;;;;/p-2. The van der Waals surface area contributed by atoms with Gasteiger partial charge >= 0.3 is 25.0 Å². The van der Waals surface area contributed by atoms with E-state index in [1.165, 1.54) is 0 Å². The summed E-state index contributed by atoms with van der Waals surface area (Å²) in [6, 6.07) is 0. The number of nitrogens with zero attached hydrogens (tertiary/aromatic N) is 3. The van der Waals surface area contributed by atoms with Gasteiger partial charge in [0.25, 0.3) is 0 Å². The fourth-order valence-electron chi connectivity index (χ4n) is 0.248. The van der Waals surface area contributed by atoms with Crippen LogP contribution in [0.4, 0.5) is 0 Å². The molecule has 1 aromatic heterocycles. The van der Waals surface area contributed by atoms with Gasteiger partial charge in [-0.1, -0.05) is 0 Å². The van der Waals surface area contributed by atoms with Gasteiger partial charge in [-0.25, -0.2) is 0 Å². The molecule has 0 saturated heterocycles. The molecule has 0 saturated carbocycles. The quantitative estimate of drug-likeness (QED) is 0.369. The molecule has 0 aliphatic rings. The number of aromatic carboxylic acids is 1. The van der Waals surface area contributed by atoms with Crippen LogP contribution in [0.2, 0.25) is 0 Å². The van der Waals surface area contributed by atoms with E-state index in [1.807, 2.05) is 5.21 Å². The van der Waals surface area contributed by atoms with Gasteiger partial charge in [-0.2, -0.15) is 5.21 Å². The maximum atomic E-state index is 9.77. The topological polar surface area (TPSA) is 270 Å².